The topological polar surface area (TPSA) is 24.5 Å². The smallest absolute Gasteiger partial charge is 0.122 e. The zero-order chi connectivity index (χ0) is 16.5. The predicted octanol–water partition coefficient (Wildman–Crippen LogP) is 3.88. The van der Waals surface area contributed by atoms with E-state index in [-0.39, 0.29) is 12.4 Å². The van der Waals surface area contributed by atoms with Gasteiger partial charge in [-0.15, -0.1) is 12.4 Å². The monoisotopic (exact) mass is 368 g/mol. The molecule has 0 radical (unpaired) electrons. The SMILES string of the molecule is CN(C)CCNCCOc1ccc(Cl)cc1Cc1ccccc1.Cl. The van der Waals surface area contributed by atoms with Crippen molar-refractivity contribution < 1.29 is 4.74 Å². The fourth-order valence-electron chi connectivity index (χ4n) is 2.30. The molecule has 0 heterocycles. The Labute approximate surface area is 156 Å². The predicted molar refractivity (Wildman–Crippen MR) is 105 cm³/mol. The normalized spacial score (nSPS) is 10.5. The van der Waals surface area contributed by atoms with Gasteiger partial charge in [0.15, 0.2) is 0 Å². The third kappa shape index (κ3) is 7.54. The maximum Gasteiger partial charge on any atom is 0.122 e. The van der Waals surface area contributed by atoms with Gasteiger partial charge in [-0.25, -0.2) is 0 Å². The van der Waals surface area contributed by atoms with Crippen LogP contribution in [0.1, 0.15) is 11.1 Å². The molecule has 2 rings (SSSR count). The Bertz CT molecular complexity index is 591. The van der Waals surface area contributed by atoms with Crippen LogP contribution >= 0.6 is 24.0 Å². The Morgan fingerprint density at radius 3 is 2.50 bits per heavy atom. The molecule has 2 aromatic carbocycles. The van der Waals surface area contributed by atoms with E-state index < -0.39 is 0 Å². The van der Waals surface area contributed by atoms with Crippen molar-refractivity contribution >= 4 is 24.0 Å². The molecule has 132 valence electrons. The highest BCUT2D eigenvalue weighted by Gasteiger charge is 2.06. The summed E-state index contributed by atoms with van der Waals surface area (Å²) < 4.78 is 5.94. The fourth-order valence-corrected chi connectivity index (χ4v) is 2.50. The van der Waals surface area contributed by atoms with Crippen LogP contribution in [0.4, 0.5) is 0 Å². The number of nitrogens with one attached hydrogen (secondary N) is 1. The molecule has 0 saturated heterocycles. The van der Waals surface area contributed by atoms with Crippen molar-refractivity contribution in [3.63, 3.8) is 0 Å². The van der Waals surface area contributed by atoms with E-state index in [0.29, 0.717) is 6.61 Å². The van der Waals surface area contributed by atoms with E-state index in [1.165, 1.54) is 5.56 Å². The Balaban J connectivity index is 0.00000288. The number of nitrogens with zero attached hydrogens (tertiary/aromatic N) is 1. The van der Waals surface area contributed by atoms with E-state index in [0.717, 1.165) is 42.4 Å². The van der Waals surface area contributed by atoms with Crippen molar-refractivity contribution in [2.75, 3.05) is 40.3 Å². The van der Waals surface area contributed by atoms with E-state index in [9.17, 15) is 0 Å². The molecule has 0 spiro atoms. The van der Waals surface area contributed by atoms with Crippen LogP contribution in [0.5, 0.6) is 5.75 Å². The minimum Gasteiger partial charge on any atom is -0.492 e. The molecule has 0 bridgehead atoms. The summed E-state index contributed by atoms with van der Waals surface area (Å²) in [5.41, 5.74) is 2.38. The second-order valence-electron chi connectivity index (χ2n) is 5.82. The lowest BCUT2D eigenvalue weighted by atomic mass is 10.0. The maximum absolute atomic E-state index is 6.14. The van der Waals surface area contributed by atoms with Crippen molar-refractivity contribution in [3.8, 4) is 5.75 Å². The first-order valence-electron chi connectivity index (χ1n) is 7.96. The summed E-state index contributed by atoms with van der Waals surface area (Å²) >= 11 is 6.14. The van der Waals surface area contributed by atoms with Gasteiger partial charge < -0.3 is 15.0 Å². The van der Waals surface area contributed by atoms with E-state index in [1.54, 1.807) is 0 Å². The Hall–Kier alpha value is -1.26. The van der Waals surface area contributed by atoms with Crippen molar-refractivity contribution in [2.24, 2.45) is 0 Å². The molecule has 24 heavy (non-hydrogen) atoms. The molecule has 2 aromatic rings. The average Bonchev–Trinajstić information content (AvgIpc) is 2.53. The van der Waals surface area contributed by atoms with Gasteiger partial charge in [0, 0.05) is 31.1 Å². The number of benzene rings is 2. The molecule has 3 nitrogen and oxygen atoms in total. The molecule has 1 N–H and O–H groups in total. The summed E-state index contributed by atoms with van der Waals surface area (Å²) in [5, 5.41) is 4.12. The zero-order valence-corrected chi connectivity index (χ0v) is 15.9. The molecule has 0 aromatic heterocycles. The Morgan fingerprint density at radius 1 is 1.04 bits per heavy atom. The maximum atomic E-state index is 6.14. The summed E-state index contributed by atoms with van der Waals surface area (Å²) in [6.45, 7) is 3.48. The highest BCUT2D eigenvalue weighted by molar-refractivity contribution is 6.30. The van der Waals surface area contributed by atoms with Gasteiger partial charge in [-0.3, -0.25) is 0 Å². The minimum atomic E-state index is 0. The second-order valence-corrected chi connectivity index (χ2v) is 6.25. The number of halogens is 2. The molecule has 0 amide bonds. The van der Waals surface area contributed by atoms with Gasteiger partial charge in [0.2, 0.25) is 0 Å². The minimum absolute atomic E-state index is 0. The van der Waals surface area contributed by atoms with Gasteiger partial charge in [-0.1, -0.05) is 41.9 Å². The number of likely N-dealkylation sites (N-methyl/N-ethyl adjacent to an activating group) is 1. The quantitative estimate of drug-likeness (QED) is 0.679. The standard InChI is InChI=1S/C19H25ClN2O.ClH/c1-22(2)12-10-21-11-13-23-19-9-8-18(20)15-17(19)14-16-6-4-3-5-7-16;/h3-9,15,21H,10-14H2,1-2H3;1H. The van der Waals surface area contributed by atoms with Crippen LogP contribution in [0.25, 0.3) is 0 Å². The molecule has 0 fully saturated rings. The number of rotatable bonds is 9. The van der Waals surface area contributed by atoms with Crippen LogP contribution in [0.2, 0.25) is 5.02 Å². The van der Waals surface area contributed by atoms with Crippen molar-refractivity contribution in [1.82, 2.24) is 10.2 Å². The van der Waals surface area contributed by atoms with Gasteiger partial charge >= 0.3 is 0 Å². The average molecular weight is 369 g/mol. The lowest BCUT2D eigenvalue weighted by molar-refractivity contribution is 0.306. The van der Waals surface area contributed by atoms with Gasteiger partial charge in [-0.05, 0) is 43.4 Å². The number of ether oxygens (including phenoxy) is 1. The van der Waals surface area contributed by atoms with E-state index in [2.05, 4.69) is 48.6 Å². The highest BCUT2D eigenvalue weighted by atomic mass is 35.5. The molecule has 0 unspecified atom stereocenters. The van der Waals surface area contributed by atoms with Gasteiger partial charge in [-0.2, -0.15) is 0 Å². The van der Waals surface area contributed by atoms with Crippen LogP contribution in [0.3, 0.4) is 0 Å². The van der Waals surface area contributed by atoms with E-state index in [4.69, 9.17) is 16.3 Å². The third-order valence-corrected chi connectivity index (χ3v) is 3.77. The number of hydrogen-bond acceptors (Lipinski definition) is 3. The van der Waals surface area contributed by atoms with Crippen molar-refractivity contribution in [2.45, 2.75) is 6.42 Å². The molecular weight excluding hydrogens is 343 g/mol. The van der Waals surface area contributed by atoms with Crippen LogP contribution in [0.15, 0.2) is 48.5 Å². The number of hydrogen-bond donors (Lipinski definition) is 1. The molecule has 0 aliphatic carbocycles. The van der Waals surface area contributed by atoms with Gasteiger partial charge in [0.25, 0.3) is 0 Å². The van der Waals surface area contributed by atoms with Crippen molar-refractivity contribution in [1.29, 1.82) is 0 Å². The zero-order valence-electron chi connectivity index (χ0n) is 14.3. The van der Waals surface area contributed by atoms with E-state index >= 15 is 0 Å². The van der Waals surface area contributed by atoms with E-state index in [1.807, 2.05) is 24.3 Å². The summed E-state index contributed by atoms with van der Waals surface area (Å²) in [5.74, 6) is 0.910. The summed E-state index contributed by atoms with van der Waals surface area (Å²) in [6, 6.07) is 16.2. The van der Waals surface area contributed by atoms with Gasteiger partial charge in [0.1, 0.15) is 12.4 Å². The molecule has 0 aliphatic heterocycles. The molecule has 0 aliphatic rings. The Kier molecular flexibility index (Phi) is 9.80. The first-order chi connectivity index (χ1) is 11.1. The van der Waals surface area contributed by atoms with Crippen LogP contribution < -0.4 is 10.1 Å². The highest BCUT2D eigenvalue weighted by Crippen LogP contribution is 2.25. The molecule has 0 saturated carbocycles. The first kappa shape index (κ1) is 20.8. The summed E-state index contributed by atoms with van der Waals surface area (Å²) in [7, 11) is 4.14. The molecule has 5 heteroatoms. The van der Waals surface area contributed by atoms with Gasteiger partial charge in [0.05, 0.1) is 0 Å². The lowest BCUT2D eigenvalue weighted by Gasteiger charge is -2.14. The third-order valence-electron chi connectivity index (χ3n) is 3.53. The Morgan fingerprint density at radius 2 is 1.79 bits per heavy atom. The van der Waals surface area contributed by atoms with Crippen LogP contribution in [-0.2, 0) is 6.42 Å². The summed E-state index contributed by atoms with van der Waals surface area (Å²) in [6.07, 6.45) is 0.824. The molecular formula is C19H26Cl2N2O. The van der Waals surface area contributed by atoms with Crippen LogP contribution in [-0.4, -0.2) is 45.2 Å². The lowest BCUT2D eigenvalue weighted by Crippen LogP contribution is -2.29. The second kappa shape index (κ2) is 11.3. The van der Waals surface area contributed by atoms with Crippen LogP contribution in [0, 0.1) is 0 Å². The summed E-state index contributed by atoms with van der Waals surface area (Å²) in [4.78, 5) is 2.16. The first-order valence-corrected chi connectivity index (χ1v) is 8.33. The van der Waals surface area contributed by atoms with Crippen molar-refractivity contribution in [3.05, 3.63) is 64.7 Å². The fraction of sp³-hybridized carbons (Fsp3) is 0.368. The molecule has 0 atom stereocenters. The largest absolute Gasteiger partial charge is 0.492 e.